The number of hydrogen-bond acceptors (Lipinski definition) is 4. The maximum Gasteiger partial charge on any atom is 0.252 e. The number of aromatic nitrogens is 2. The molecule has 2 rings (SSSR count). The second kappa shape index (κ2) is 5.64. The summed E-state index contributed by atoms with van der Waals surface area (Å²) in [7, 11) is -3.45. The third kappa shape index (κ3) is 3.41. The largest absolute Gasteiger partial charge is 0.384 e. The van der Waals surface area contributed by atoms with Crippen LogP contribution in [0, 0.1) is 0 Å². The minimum Gasteiger partial charge on any atom is -0.384 e. The van der Waals surface area contributed by atoms with Crippen LogP contribution in [-0.4, -0.2) is 25.0 Å². The van der Waals surface area contributed by atoms with E-state index in [1.807, 2.05) is 18.2 Å². The molecule has 3 N–H and O–H groups in total. The molecular weight excluding hydrogens is 304 g/mol. The molecule has 1 unspecified atom stereocenters. The van der Waals surface area contributed by atoms with Gasteiger partial charge in [0.1, 0.15) is 5.60 Å². The Labute approximate surface area is 129 Å². The first-order chi connectivity index (χ1) is 10.1. The van der Waals surface area contributed by atoms with E-state index >= 15 is 0 Å². The number of amides is 1. The number of aliphatic hydroxyl groups is 1. The molecule has 1 atom stereocenters. The Morgan fingerprint density at radius 3 is 2.45 bits per heavy atom. The van der Waals surface area contributed by atoms with Crippen molar-refractivity contribution in [3.05, 3.63) is 42.1 Å². The van der Waals surface area contributed by atoms with Crippen molar-refractivity contribution in [1.29, 1.82) is 0 Å². The Bertz CT molecular complexity index is 812. The van der Waals surface area contributed by atoms with Crippen LogP contribution in [0.5, 0.6) is 0 Å². The van der Waals surface area contributed by atoms with Crippen molar-refractivity contribution in [3.63, 3.8) is 0 Å². The van der Waals surface area contributed by atoms with Gasteiger partial charge in [0.25, 0.3) is 5.91 Å². The van der Waals surface area contributed by atoms with Crippen molar-refractivity contribution in [1.82, 2.24) is 9.78 Å². The topological polar surface area (TPSA) is 111 Å². The number of hydrogen-bond donors (Lipinski definition) is 2. The number of nitrogens with zero attached hydrogens (tertiary/aromatic N) is 3. The first kappa shape index (κ1) is 16.3. The quantitative estimate of drug-likeness (QED) is 0.888. The zero-order chi connectivity index (χ0) is 16.5. The smallest absolute Gasteiger partial charge is 0.252 e. The Kier molecular flexibility index (Phi) is 4.19. The van der Waals surface area contributed by atoms with E-state index in [0.717, 1.165) is 6.92 Å². The van der Waals surface area contributed by atoms with Crippen LogP contribution in [0.15, 0.2) is 45.8 Å². The summed E-state index contributed by atoms with van der Waals surface area (Å²) in [4.78, 5) is 11.1. The van der Waals surface area contributed by atoms with Gasteiger partial charge in [-0.25, -0.2) is 14.0 Å². The highest BCUT2D eigenvalue weighted by Gasteiger charge is 2.26. The van der Waals surface area contributed by atoms with Gasteiger partial charge in [-0.15, -0.1) is 4.36 Å². The fraction of sp³-hybridized carbons (Fsp3) is 0.286. The van der Waals surface area contributed by atoms with Gasteiger partial charge in [0.05, 0.1) is 11.4 Å². The zero-order valence-corrected chi connectivity index (χ0v) is 13.4. The van der Waals surface area contributed by atoms with Crippen LogP contribution in [0.1, 0.15) is 26.5 Å². The first-order valence-corrected chi connectivity index (χ1v) is 8.13. The van der Waals surface area contributed by atoms with Crippen LogP contribution in [0.25, 0.3) is 5.69 Å². The van der Waals surface area contributed by atoms with Crippen molar-refractivity contribution >= 4 is 15.8 Å². The fourth-order valence-electron chi connectivity index (χ4n) is 1.94. The lowest BCUT2D eigenvalue weighted by atomic mass is 10.1. The standard InChI is InChI=1S/C14H18N4O3S/c1-10(19)17-22(15,21)13-9-12(14(2,3)20)18(16-13)11-7-5-4-6-8-11/h4-9,20H,1-3H3,(H2,15,17,19,21). The van der Waals surface area contributed by atoms with E-state index in [1.165, 1.54) is 10.7 Å². The van der Waals surface area contributed by atoms with E-state index in [9.17, 15) is 14.1 Å². The molecule has 1 aromatic heterocycles. The second-order valence-corrected chi connectivity index (χ2v) is 7.09. The predicted molar refractivity (Wildman–Crippen MR) is 82.5 cm³/mol. The van der Waals surface area contributed by atoms with Crippen LogP contribution < -0.4 is 5.14 Å². The molecule has 0 radical (unpaired) electrons. The number of carbonyl (C=O) groups is 1. The normalized spacial score (nSPS) is 14.4. The Morgan fingerprint density at radius 2 is 1.95 bits per heavy atom. The highest BCUT2D eigenvalue weighted by Crippen LogP contribution is 2.25. The summed E-state index contributed by atoms with van der Waals surface area (Å²) < 4.78 is 17.2. The summed E-state index contributed by atoms with van der Waals surface area (Å²) in [6.45, 7) is 4.32. The van der Waals surface area contributed by atoms with E-state index in [1.54, 1.807) is 26.0 Å². The molecular formula is C14H18N4O3S. The molecule has 0 saturated carbocycles. The predicted octanol–water partition coefficient (Wildman–Crippen LogP) is 1.35. The number of rotatable bonds is 3. The van der Waals surface area contributed by atoms with Gasteiger partial charge in [-0.2, -0.15) is 5.10 Å². The Hall–Kier alpha value is -2.03. The minimum atomic E-state index is -3.45. The first-order valence-electron chi connectivity index (χ1n) is 6.55. The lowest BCUT2D eigenvalue weighted by Crippen LogP contribution is -2.20. The lowest BCUT2D eigenvalue weighted by Gasteiger charge is -2.18. The van der Waals surface area contributed by atoms with Gasteiger partial charge in [0, 0.05) is 13.0 Å². The number of nitrogens with two attached hydrogens (primary N) is 1. The van der Waals surface area contributed by atoms with Crippen molar-refractivity contribution in [2.45, 2.75) is 31.4 Å². The SMILES string of the molecule is CC(=O)N=S(N)(=O)c1cc(C(C)(C)O)n(-c2ccccc2)n1. The maximum atomic E-state index is 12.4. The summed E-state index contributed by atoms with van der Waals surface area (Å²) in [5, 5.41) is 20.1. The number of carbonyl (C=O) groups excluding carboxylic acids is 1. The van der Waals surface area contributed by atoms with Gasteiger partial charge >= 0.3 is 0 Å². The molecule has 0 aliphatic heterocycles. The van der Waals surface area contributed by atoms with Gasteiger partial charge in [0.2, 0.25) is 0 Å². The maximum absolute atomic E-state index is 12.4. The molecule has 22 heavy (non-hydrogen) atoms. The summed E-state index contributed by atoms with van der Waals surface area (Å²) in [6, 6.07) is 10.4. The van der Waals surface area contributed by atoms with E-state index in [2.05, 4.69) is 9.46 Å². The van der Waals surface area contributed by atoms with E-state index < -0.39 is 21.4 Å². The molecule has 0 fully saturated rings. The van der Waals surface area contributed by atoms with Gasteiger partial charge in [-0.1, -0.05) is 18.2 Å². The molecule has 1 amide bonds. The lowest BCUT2D eigenvalue weighted by molar-refractivity contribution is -0.115. The van der Waals surface area contributed by atoms with Crippen molar-refractivity contribution in [2.75, 3.05) is 0 Å². The third-order valence-electron chi connectivity index (χ3n) is 2.88. The molecule has 1 heterocycles. The molecule has 1 aromatic carbocycles. The van der Waals surface area contributed by atoms with Crippen LogP contribution >= 0.6 is 0 Å². The molecule has 0 saturated heterocycles. The molecule has 8 heteroatoms. The van der Waals surface area contributed by atoms with E-state index in [0.29, 0.717) is 11.4 Å². The number of para-hydroxylation sites is 1. The summed E-state index contributed by atoms with van der Waals surface area (Å²) in [5.41, 5.74) is -0.179. The molecule has 0 spiro atoms. The van der Waals surface area contributed by atoms with Crippen LogP contribution in [0.4, 0.5) is 0 Å². The average molecular weight is 322 g/mol. The Morgan fingerprint density at radius 1 is 1.36 bits per heavy atom. The molecule has 0 aliphatic carbocycles. The molecule has 7 nitrogen and oxygen atoms in total. The molecule has 118 valence electrons. The fourth-order valence-corrected chi connectivity index (χ4v) is 2.90. The second-order valence-electron chi connectivity index (χ2n) is 5.35. The third-order valence-corrected chi connectivity index (χ3v) is 4.21. The molecule has 2 aromatic rings. The van der Waals surface area contributed by atoms with E-state index in [4.69, 9.17) is 5.14 Å². The van der Waals surface area contributed by atoms with Gasteiger partial charge in [0.15, 0.2) is 14.9 Å². The van der Waals surface area contributed by atoms with Crippen molar-refractivity contribution in [3.8, 4) is 5.69 Å². The zero-order valence-electron chi connectivity index (χ0n) is 12.6. The monoisotopic (exact) mass is 322 g/mol. The highest BCUT2D eigenvalue weighted by molar-refractivity contribution is 7.91. The summed E-state index contributed by atoms with van der Waals surface area (Å²) in [5.74, 6) is -0.647. The van der Waals surface area contributed by atoms with E-state index in [-0.39, 0.29) is 5.03 Å². The number of benzene rings is 1. The van der Waals surface area contributed by atoms with Gasteiger partial charge in [-0.05, 0) is 26.0 Å². The molecule has 0 aliphatic rings. The molecule has 0 bridgehead atoms. The van der Waals surface area contributed by atoms with Crippen LogP contribution in [-0.2, 0) is 20.3 Å². The minimum absolute atomic E-state index is 0.0521. The van der Waals surface area contributed by atoms with Crippen molar-refractivity contribution < 1.29 is 14.1 Å². The van der Waals surface area contributed by atoms with Gasteiger partial charge in [-0.3, -0.25) is 4.79 Å². The van der Waals surface area contributed by atoms with Crippen LogP contribution in [0.2, 0.25) is 0 Å². The van der Waals surface area contributed by atoms with Crippen molar-refractivity contribution in [2.24, 2.45) is 9.50 Å². The summed E-state index contributed by atoms with van der Waals surface area (Å²) in [6.07, 6.45) is 0. The highest BCUT2D eigenvalue weighted by atomic mass is 32.2. The summed E-state index contributed by atoms with van der Waals surface area (Å²) >= 11 is 0. The Balaban J connectivity index is 2.71. The average Bonchev–Trinajstić information content (AvgIpc) is 2.84. The van der Waals surface area contributed by atoms with Gasteiger partial charge < -0.3 is 5.11 Å². The van der Waals surface area contributed by atoms with Crippen LogP contribution in [0.3, 0.4) is 0 Å².